The van der Waals surface area contributed by atoms with Crippen LogP contribution in [0.2, 0.25) is 0 Å². The lowest BCUT2D eigenvalue weighted by molar-refractivity contribution is 0.742. The third-order valence-corrected chi connectivity index (χ3v) is 3.54. The second-order valence-electron chi connectivity index (χ2n) is 4.69. The fraction of sp³-hybridized carbons (Fsp3) is 0.438. The van der Waals surface area contributed by atoms with Crippen LogP contribution in [0.5, 0.6) is 0 Å². The molecular formula is C16H19N. The maximum atomic E-state index is 9.04. The molecular weight excluding hydrogens is 206 g/mol. The van der Waals surface area contributed by atoms with Crippen molar-refractivity contribution >= 4 is 5.57 Å². The van der Waals surface area contributed by atoms with Gasteiger partial charge in [0, 0.05) is 0 Å². The number of hydrogen-bond acceptors (Lipinski definition) is 1. The molecule has 1 nitrogen and oxygen atoms in total. The zero-order valence-corrected chi connectivity index (χ0v) is 10.4. The Morgan fingerprint density at radius 1 is 1.24 bits per heavy atom. The van der Waals surface area contributed by atoms with E-state index in [9.17, 15) is 0 Å². The van der Waals surface area contributed by atoms with Gasteiger partial charge in [0.15, 0.2) is 0 Å². The summed E-state index contributed by atoms with van der Waals surface area (Å²) in [4.78, 5) is 0. The Morgan fingerprint density at radius 3 is 2.53 bits per heavy atom. The number of nitrogens with zero attached hydrogens (tertiary/aromatic N) is 1. The SMILES string of the molecule is CCC(C#N)c1ccc(C2=CCCCC2)cc1. The summed E-state index contributed by atoms with van der Waals surface area (Å²) >= 11 is 0. The monoisotopic (exact) mass is 225 g/mol. The predicted octanol–water partition coefficient (Wildman–Crippen LogP) is 4.66. The molecule has 0 amide bonds. The van der Waals surface area contributed by atoms with Gasteiger partial charge in [-0.05, 0) is 48.8 Å². The number of allylic oxidation sites excluding steroid dienone is 2. The van der Waals surface area contributed by atoms with Crippen LogP contribution in [0.25, 0.3) is 5.57 Å². The second-order valence-corrected chi connectivity index (χ2v) is 4.69. The second kappa shape index (κ2) is 5.68. The van der Waals surface area contributed by atoms with Gasteiger partial charge in [0.25, 0.3) is 0 Å². The van der Waals surface area contributed by atoms with Crippen molar-refractivity contribution in [1.29, 1.82) is 5.26 Å². The maximum Gasteiger partial charge on any atom is 0.0710 e. The lowest BCUT2D eigenvalue weighted by Gasteiger charge is -2.14. The van der Waals surface area contributed by atoms with Crippen molar-refractivity contribution in [2.24, 2.45) is 0 Å². The molecule has 1 aliphatic carbocycles. The molecule has 0 aliphatic heterocycles. The van der Waals surface area contributed by atoms with E-state index in [2.05, 4.69) is 43.3 Å². The van der Waals surface area contributed by atoms with E-state index < -0.39 is 0 Å². The van der Waals surface area contributed by atoms with Gasteiger partial charge in [-0.2, -0.15) is 5.26 Å². The average molecular weight is 225 g/mol. The summed E-state index contributed by atoms with van der Waals surface area (Å²) in [6, 6.07) is 10.9. The molecule has 1 aliphatic rings. The molecule has 0 saturated heterocycles. The maximum absolute atomic E-state index is 9.04. The third-order valence-electron chi connectivity index (χ3n) is 3.54. The molecule has 1 unspecified atom stereocenters. The fourth-order valence-corrected chi connectivity index (χ4v) is 2.43. The highest BCUT2D eigenvalue weighted by molar-refractivity contribution is 5.66. The smallest absolute Gasteiger partial charge is 0.0710 e. The minimum Gasteiger partial charge on any atom is -0.198 e. The normalized spacial score (nSPS) is 17.1. The van der Waals surface area contributed by atoms with Crippen molar-refractivity contribution in [2.75, 3.05) is 0 Å². The van der Waals surface area contributed by atoms with Gasteiger partial charge in [-0.3, -0.25) is 0 Å². The van der Waals surface area contributed by atoms with E-state index in [0.717, 1.165) is 12.0 Å². The van der Waals surface area contributed by atoms with Crippen molar-refractivity contribution < 1.29 is 0 Å². The van der Waals surface area contributed by atoms with Crippen molar-refractivity contribution in [1.82, 2.24) is 0 Å². The molecule has 2 rings (SSSR count). The third kappa shape index (κ3) is 2.77. The van der Waals surface area contributed by atoms with Crippen LogP contribution in [0.1, 0.15) is 56.1 Å². The first-order valence-corrected chi connectivity index (χ1v) is 6.54. The van der Waals surface area contributed by atoms with E-state index in [1.807, 2.05) is 0 Å². The van der Waals surface area contributed by atoms with Crippen LogP contribution in [0, 0.1) is 11.3 Å². The number of hydrogen-bond donors (Lipinski definition) is 0. The van der Waals surface area contributed by atoms with Crippen LogP contribution in [-0.4, -0.2) is 0 Å². The molecule has 0 saturated carbocycles. The molecule has 0 fully saturated rings. The zero-order valence-electron chi connectivity index (χ0n) is 10.4. The first kappa shape index (κ1) is 11.9. The Labute approximate surface area is 104 Å². The zero-order chi connectivity index (χ0) is 12.1. The summed E-state index contributed by atoms with van der Waals surface area (Å²) in [6.45, 7) is 2.06. The number of rotatable bonds is 3. The van der Waals surface area contributed by atoms with Crippen LogP contribution >= 0.6 is 0 Å². The Balaban J connectivity index is 2.18. The fourth-order valence-electron chi connectivity index (χ4n) is 2.43. The highest BCUT2D eigenvalue weighted by atomic mass is 14.3. The molecule has 88 valence electrons. The molecule has 1 heteroatoms. The minimum absolute atomic E-state index is 0.0457. The van der Waals surface area contributed by atoms with E-state index in [1.54, 1.807) is 0 Å². The minimum atomic E-state index is 0.0457. The number of nitriles is 1. The molecule has 1 aromatic rings. The molecule has 0 heterocycles. The molecule has 1 aromatic carbocycles. The summed E-state index contributed by atoms with van der Waals surface area (Å²) in [6.07, 6.45) is 8.30. The molecule has 17 heavy (non-hydrogen) atoms. The van der Waals surface area contributed by atoms with Gasteiger partial charge < -0.3 is 0 Å². The highest BCUT2D eigenvalue weighted by Crippen LogP contribution is 2.28. The van der Waals surface area contributed by atoms with E-state index in [1.165, 1.54) is 36.8 Å². The molecule has 0 aromatic heterocycles. The van der Waals surface area contributed by atoms with Gasteiger partial charge in [0.2, 0.25) is 0 Å². The summed E-state index contributed by atoms with van der Waals surface area (Å²) in [5.74, 6) is 0.0457. The molecule has 0 radical (unpaired) electrons. The summed E-state index contributed by atoms with van der Waals surface area (Å²) in [7, 11) is 0. The van der Waals surface area contributed by atoms with Crippen LogP contribution in [0.15, 0.2) is 30.3 Å². The summed E-state index contributed by atoms with van der Waals surface area (Å²) in [5, 5.41) is 9.04. The first-order chi connectivity index (χ1) is 8.35. The molecule has 0 N–H and O–H groups in total. The Hall–Kier alpha value is -1.55. The average Bonchev–Trinajstić information content (AvgIpc) is 2.42. The highest BCUT2D eigenvalue weighted by Gasteiger charge is 2.09. The van der Waals surface area contributed by atoms with Gasteiger partial charge in [0.1, 0.15) is 0 Å². The van der Waals surface area contributed by atoms with Crippen LogP contribution < -0.4 is 0 Å². The summed E-state index contributed by atoms with van der Waals surface area (Å²) < 4.78 is 0. The lowest BCUT2D eigenvalue weighted by atomic mass is 9.91. The van der Waals surface area contributed by atoms with Gasteiger partial charge in [-0.1, -0.05) is 37.3 Å². The van der Waals surface area contributed by atoms with Crippen LogP contribution in [-0.2, 0) is 0 Å². The summed E-state index contributed by atoms with van der Waals surface area (Å²) in [5.41, 5.74) is 3.96. The number of benzene rings is 1. The van der Waals surface area contributed by atoms with Crippen molar-refractivity contribution in [3.05, 3.63) is 41.5 Å². The van der Waals surface area contributed by atoms with Crippen molar-refractivity contribution in [3.63, 3.8) is 0 Å². The largest absolute Gasteiger partial charge is 0.198 e. The molecule has 1 atom stereocenters. The van der Waals surface area contributed by atoms with Gasteiger partial charge in [-0.15, -0.1) is 0 Å². The van der Waals surface area contributed by atoms with Gasteiger partial charge >= 0.3 is 0 Å². The molecule has 0 spiro atoms. The van der Waals surface area contributed by atoms with Gasteiger partial charge in [-0.25, -0.2) is 0 Å². The Morgan fingerprint density at radius 2 is 2.00 bits per heavy atom. The first-order valence-electron chi connectivity index (χ1n) is 6.54. The topological polar surface area (TPSA) is 23.8 Å². The predicted molar refractivity (Wildman–Crippen MR) is 71.5 cm³/mol. The van der Waals surface area contributed by atoms with Gasteiger partial charge in [0.05, 0.1) is 12.0 Å². The van der Waals surface area contributed by atoms with Crippen LogP contribution in [0.3, 0.4) is 0 Å². The standard InChI is InChI=1S/C16H19N/c1-2-13(12-17)15-8-10-16(11-9-15)14-6-4-3-5-7-14/h6,8-11,13H,2-5,7H2,1H3. The van der Waals surface area contributed by atoms with E-state index >= 15 is 0 Å². The van der Waals surface area contributed by atoms with Crippen molar-refractivity contribution in [3.8, 4) is 6.07 Å². The quantitative estimate of drug-likeness (QED) is 0.733. The van der Waals surface area contributed by atoms with Crippen molar-refractivity contribution in [2.45, 2.75) is 44.9 Å². The Bertz CT molecular complexity index is 434. The van der Waals surface area contributed by atoms with E-state index in [4.69, 9.17) is 5.26 Å². The Kier molecular flexibility index (Phi) is 3.98. The van der Waals surface area contributed by atoms with Crippen LogP contribution in [0.4, 0.5) is 0 Å². The lowest BCUT2D eigenvalue weighted by Crippen LogP contribution is -1.95. The molecule has 0 bridgehead atoms. The van der Waals surface area contributed by atoms with E-state index in [0.29, 0.717) is 0 Å². The van der Waals surface area contributed by atoms with E-state index in [-0.39, 0.29) is 5.92 Å².